The second-order valence-electron chi connectivity index (χ2n) is 4.82. The fraction of sp³-hybridized carbons (Fsp3) is 0.917. The van der Waals surface area contributed by atoms with E-state index in [9.17, 15) is 4.79 Å². The first-order chi connectivity index (χ1) is 7.40. The molecule has 16 heavy (non-hydrogen) atoms. The van der Waals surface area contributed by atoms with Crippen molar-refractivity contribution in [1.82, 2.24) is 4.90 Å². The number of nitrogens with zero attached hydrogens (tertiary/aromatic N) is 1. The minimum absolute atomic E-state index is 0.0716. The van der Waals surface area contributed by atoms with Crippen LogP contribution in [0.5, 0.6) is 0 Å². The van der Waals surface area contributed by atoms with E-state index >= 15 is 0 Å². The average Bonchev–Trinajstić information content (AvgIpc) is 2.22. The maximum absolute atomic E-state index is 12.0. The monoisotopic (exact) mass is 246 g/mol. The predicted octanol–water partition coefficient (Wildman–Crippen LogP) is 1.96. The van der Waals surface area contributed by atoms with Crippen LogP contribution in [-0.2, 0) is 4.79 Å². The summed E-state index contributed by atoms with van der Waals surface area (Å²) in [5.41, 5.74) is 5.89. The van der Waals surface area contributed by atoms with Crippen LogP contribution < -0.4 is 5.73 Å². The van der Waals surface area contributed by atoms with Gasteiger partial charge in [-0.15, -0.1) is 0 Å². The lowest BCUT2D eigenvalue weighted by Crippen LogP contribution is -2.46. The van der Waals surface area contributed by atoms with Gasteiger partial charge in [0.2, 0.25) is 5.91 Å². The highest BCUT2D eigenvalue weighted by molar-refractivity contribution is 7.98. The maximum Gasteiger partial charge on any atom is 0.239 e. The number of nitrogens with two attached hydrogens (primary N) is 1. The van der Waals surface area contributed by atoms with Crippen LogP contribution in [0, 0.1) is 5.92 Å². The molecular weight excluding hydrogens is 220 g/mol. The van der Waals surface area contributed by atoms with E-state index in [2.05, 4.69) is 27.0 Å². The number of hydrogen-bond acceptors (Lipinski definition) is 3. The molecule has 3 nitrogen and oxygen atoms in total. The van der Waals surface area contributed by atoms with Crippen molar-refractivity contribution >= 4 is 17.7 Å². The van der Waals surface area contributed by atoms with Crippen LogP contribution in [0.2, 0.25) is 0 Å². The zero-order valence-electron chi connectivity index (χ0n) is 11.2. The fourth-order valence-electron chi connectivity index (χ4n) is 1.57. The third-order valence-electron chi connectivity index (χ3n) is 2.79. The molecule has 0 rings (SSSR count). The summed E-state index contributed by atoms with van der Waals surface area (Å²) in [5.74, 6) is 1.62. The highest BCUT2D eigenvalue weighted by Crippen LogP contribution is 2.10. The number of hydrogen-bond donors (Lipinski definition) is 1. The van der Waals surface area contributed by atoms with Crippen LogP contribution in [0.15, 0.2) is 0 Å². The average molecular weight is 246 g/mol. The van der Waals surface area contributed by atoms with Gasteiger partial charge in [-0.05, 0) is 37.7 Å². The van der Waals surface area contributed by atoms with Gasteiger partial charge in [-0.2, -0.15) is 11.8 Å². The van der Waals surface area contributed by atoms with Crippen LogP contribution in [0.1, 0.15) is 33.6 Å². The predicted molar refractivity (Wildman–Crippen MR) is 72.7 cm³/mol. The summed E-state index contributed by atoms with van der Waals surface area (Å²) in [6.07, 6.45) is 3.87. The Bertz CT molecular complexity index is 209. The molecule has 0 aliphatic rings. The number of amides is 1. The van der Waals surface area contributed by atoms with Crippen molar-refractivity contribution in [3.63, 3.8) is 0 Å². The van der Waals surface area contributed by atoms with E-state index in [1.165, 1.54) is 0 Å². The first-order valence-electron chi connectivity index (χ1n) is 5.91. The second kappa shape index (κ2) is 7.96. The summed E-state index contributed by atoms with van der Waals surface area (Å²) >= 11 is 1.81. The first-order valence-corrected chi connectivity index (χ1v) is 7.30. The Morgan fingerprint density at radius 2 is 1.94 bits per heavy atom. The Kier molecular flexibility index (Phi) is 7.85. The Morgan fingerprint density at radius 1 is 1.38 bits per heavy atom. The quantitative estimate of drug-likeness (QED) is 0.747. The molecular formula is C12H26N2OS. The topological polar surface area (TPSA) is 46.3 Å². The molecule has 0 fully saturated rings. The minimum Gasteiger partial charge on any atom is -0.342 e. The van der Waals surface area contributed by atoms with Gasteiger partial charge < -0.3 is 10.6 Å². The van der Waals surface area contributed by atoms with E-state index < -0.39 is 0 Å². The molecule has 0 saturated heterocycles. The normalized spacial score (nSPS) is 14.9. The van der Waals surface area contributed by atoms with Crippen molar-refractivity contribution in [2.45, 2.75) is 45.7 Å². The van der Waals surface area contributed by atoms with Crippen LogP contribution in [0.4, 0.5) is 0 Å². The molecule has 0 aliphatic heterocycles. The lowest BCUT2D eigenvalue weighted by atomic mass is 10.0. The van der Waals surface area contributed by atoms with Crippen molar-refractivity contribution < 1.29 is 4.79 Å². The van der Waals surface area contributed by atoms with E-state index in [1.54, 1.807) is 4.90 Å². The van der Waals surface area contributed by atoms with Crippen LogP contribution in [0.3, 0.4) is 0 Å². The van der Waals surface area contributed by atoms with Gasteiger partial charge in [0.1, 0.15) is 0 Å². The van der Waals surface area contributed by atoms with E-state index in [0.29, 0.717) is 5.92 Å². The van der Waals surface area contributed by atoms with Gasteiger partial charge in [-0.25, -0.2) is 0 Å². The van der Waals surface area contributed by atoms with Crippen molar-refractivity contribution in [3.8, 4) is 0 Å². The summed E-state index contributed by atoms with van der Waals surface area (Å²) in [7, 11) is 1.85. The van der Waals surface area contributed by atoms with Crippen LogP contribution >= 0.6 is 11.8 Å². The van der Waals surface area contributed by atoms with E-state index in [4.69, 9.17) is 5.73 Å². The number of carbonyl (C=O) groups is 1. The van der Waals surface area contributed by atoms with Gasteiger partial charge >= 0.3 is 0 Å². The fourth-order valence-corrected chi connectivity index (χ4v) is 2.15. The summed E-state index contributed by atoms with van der Waals surface area (Å²) < 4.78 is 0. The van der Waals surface area contributed by atoms with E-state index in [0.717, 1.165) is 18.6 Å². The first kappa shape index (κ1) is 15.8. The van der Waals surface area contributed by atoms with Gasteiger partial charge in [0.05, 0.1) is 6.04 Å². The molecule has 2 atom stereocenters. The molecule has 0 bridgehead atoms. The zero-order chi connectivity index (χ0) is 12.7. The molecule has 0 aromatic heterocycles. The molecule has 0 radical (unpaired) electrons. The standard InChI is InChI=1S/C12H26N2OS/c1-9(2)8-11(13)12(15)14(4)10(3)6-7-16-5/h9-11H,6-8,13H2,1-5H3/t10?,11-/m0/s1. The SMILES string of the molecule is CSCCC(C)N(C)C(=O)[C@@H](N)CC(C)C. The highest BCUT2D eigenvalue weighted by Gasteiger charge is 2.22. The van der Waals surface area contributed by atoms with Crippen LogP contribution in [0.25, 0.3) is 0 Å². The molecule has 1 amide bonds. The Balaban J connectivity index is 4.14. The Labute approximate surface area is 104 Å². The number of carbonyl (C=O) groups excluding carboxylic acids is 1. The third-order valence-corrected chi connectivity index (χ3v) is 3.44. The van der Waals surface area contributed by atoms with Crippen LogP contribution in [-0.4, -0.2) is 41.9 Å². The van der Waals surface area contributed by atoms with Crippen molar-refractivity contribution in [2.75, 3.05) is 19.1 Å². The Morgan fingerprint density at radius 3 is 2.38 bits per heavy atom. The smallest absolute Gasteiger partial charge is 0.239 e. The molecule has 0 aromatic carbocycles. The van der Waals surface area contributed by atoms with E-state index in [-0.39, 0.29) is 18.0 Å². The molecule has 96 valence electrons. The van der Waals surface area contributed by atoms with Gasteiger partial charge in [0.15, 0.2) is 0 Å². The minimum atomic E-state index is -0.346. The molecule has 0 spiro atoms. The maximum atomic E-state index is 12.0. The van der Waals surface area contributed by atoms with Crippen molar-refractivity contribution in [1.29, 1.82) is 0 Å². The second-order valence-corrected chi connectivity index (χ2v) is 5.80. The van der Waals surface area contributed by atoms with Gasteiger partial charge in [0.25, 0.3) is 0 Å². The lowest BCUT2D eigenvalue weighted by molar-refractivity contribution is -0.133. The van der Waals surface area contributed by atoms with Crippen molar-refractivity contribution in [2.24, 2.45) is 11.7 Å². The number of likely N-dealkylation sites (N-methyl/N-ethyl adjacent to an activating group) is 1. The summed E-state index contributed by atoms with van der Waals surface area (Å²) in [5, 5.41) is 0. The molecule has 4 heteroatoms. The molecule has 0 aromatic rings. The number of thioether (sulfide) groups is 1. The summed E-state index contributed by atoms with van der Waals surface area (Å²) in [6, 6.07) is -0.0695. The number of rotatable bonds is 7. The zero-order valence-corrected chi connectivity index (χ0v) is 12.0. The lowest BCUT2D eigenvalue weighted by Gasteiger charge is -2.28. The van der Waals surface area contributed by atoms with Gasteiger partial charge in [-0.1, -0.05) is 13.8 Å². The summed E-state index contributed by atoms with van der Waals surface area (Å²) in [6.45, 7) is 6.25. The molecule has 0 aliphatic carbocycles. The molecule has 0 heterocycles. The highest BCUT2D eigenvalue weighted by atomic mass is 32.2. The van der Waals surface area contributed by atoms with Crippen molar-refractivity contribution in [3.05, 3.63) is 0 Å². The third kappa shape index (κ3) is 5.75. The largest absolute Gasteiger partial charge is 0.342 e. The van der Waals surface area contributed by atoms with Gasteiger partial charge in [0, 0.05) is 13.1 Å². The molecule has 0 saturated carbocycles. The molecule has 2 N–H and O–H groups in total. The molecule has 1 unspecified atom stereocenters. The Hall–Kier alpha value is -0.220. The summed E-state index contributed by atoms with van der Waals surface area (Å²) in [4.78, 5) is 13.8. The van der Waals surface area contributed by atoms with Gasteiger partial charge in [-0.3, -0.25) is 4.79 Å². The van der Waals surface area contributed by atoms with E-state index in [1.807, 2.05) is 18.8 Å².